The molecule has 2 rings (SSSR count). The van der Waals surface area contributed by atoms with E-state index < -0.39 is 0 Å². The van der Waals surface area contributed by atoms with Gasteiger partial charge in [0.25, 0.3) is 0 Å². The molecule has 2 nitrogen and oxygen atoms in total. The Labute approximate surface area is 126 Å². The highest BCUT2D eigenvalue weighted by Gasteiger charge is 2.13. The van der Waals surface area contributed by atoms with Gasteiger partial charge in [0.2, 0.25) is 0 Å². The fourth-order valence-corrected chi connectivity index (χ4v) is 2.43. The van der Waals surface area contributed by atoms with Crippen molar-refractivity contribution in [3.05, 3.63) is 65.2 Å². The SMILES string of the molecule is CCCCCCc1ccc(C(=O)c2ccccc2)c(O)c1. The summed E-state index contributed by atoms with van der Waals surface area (Å²) < 4.78 is 0. The van der Waals surface area contributed by atoms with Gasteiger partial charge in [-0.3, -0.25) is 4.79 Å². The Kier molecular flexibility index (Phi) is 5.56. The summed E-state index contributed by atoms with van der Waals surface area (Å²) >= 11 is 0. The Morgan fingerprint density at radius 2 is 1.76 bits per heavy atom. The summed E-state index contributed by atoms with van der Waals surface area (Å²) in [6.07, 6.45) is 5.75. The van der Waals surface area contributed by atoms with E-state index in [9.17, 15) is 9.90 Å². The number of phenols is 1. The molecule has 0 aliphatic heterocycles. The lowest BCUT2D eigenvalue weighted by Gasteiger charge is -2.07. The number of aromatic hydroxyl groups is 1. The van der Waals surface area contributed by atoms with E-state index in [4.69, 9.17) is 0 Å². The van der Waals surface area contributed by atoms with Gasteiger partial charge in [0.1, 0.15) is 5.75 Å². The van der Waals surface area contributed by atoms with Crippen LogP contribution in [0.4, 0.5) is 0 Å². The minimum atomic E-state index is -0.134. The van der Waals surface area contributed by atoms with Crippen LogP contribution in [-0.2, 0) is 6.42 Å². The van der Waals surface area contributed by atoms with Gasteiger partial charge in [-0.15, -0.1) is 0 Å². The third kappa shape index (κ3) is 4.19. The highest BCUT2D eigenvalue weighted by Crippen LogP contribution is 2.23. The highest BCUT2D eigenvalue weighted by atomic mass is 16.3. The van der Waals surface area contributed by atoms with Crippen LogP contribution in [0.15, 0.2) is 48.5 Å². The van der Waals surface area contributed by atoms with E-state index >= 15 is 0 Å². The van der Waals surface area contributed by atoms with Crippen molar-refractivity contribution in [2.75, 3.05) is 0 Å². The third-order valence-corrected chi connectivity index (χ3v) is 3.66. The standard InChI is InChI=1S/C19H22O2/c1-2-3-4-6-9-15-12-13-17(18(20)14-15)19(21)16-10-7-5-8-11-16/h5,7-8,10-14,20H,2-4,6,9H2,1H3. The molecule has 0 bridgehead atoms. The molecule has 21 heavy (non-hydrogen) atoms. The molecule has 2 heteroatoms. The number of carbonyl (C=O) groups excluding carboxylic acids is 1. The number of rotatable bonds is 7. The zero-order valence-corrected chi connectivity index (χ0v) is 12.5. The van der Waals surface area contributed by atoms with E-state index in [1.54, 1.807) is 24.3 Å². The van der Waals surface area contributed by atoms with Crippen molar-refractivity contribution in [1.29, 1.82) is 0 Å². The van der Waals surface area contributed by atoms with Crippen LogP contribution in [0, 0.1) is 0 Å². The number of hydrogen-bond acceptors (Lipinski definition) is 2. The molecular formula is C19H22O2. The largest absolute Gasteiger partial charge is 0.507 e. The molecule has 0 spiro atoms. The van der Waals surface area contributed by atoms with Crippen molar-refractivity contribution in [2.45, 2.75) is 39.0 Å². The maximum Gasteiger partial charge on any atom is 0.196 e. The zero-order chi connectivity index (χ0) is 15.1. The quantitative estimate of drug-likeness (QED) is 0.588. The average Bonchev–Trinajstić information content (AvgIpc) is 2.52. The minimum absolute atomic E-state index is 0.0804. The van der Waals surface area contributed by atoms with Gasteiger partial charge in [0, 0.05) is 5.56 Å². The van der Waals surface area contributed by atoms with Crippen molar-refractivity contribution in [1.82, 2.24) is 0 Å². The predicted octanol–water partition coefficient (Wildman–Crippen LogP) is 4.75. The molecule has 0 saturated carbocycles. The number of phenolic OH excluding ortho intramolecular Hbond substituents is 1. The molecule has 2 aromatic rings. The molecule has 0 fully saturated rings. The van der Waals surface area contributed by atoms with Crippen molar-refractivity contribution >= 4 is 5.78 Å². The fourth-order valence-electron chi connectivity index (χ4n) is 2.43. The first-order valence-corrected chi connectivity index (χ1v) is 7.64. The Morgan fingerprint density at radius 1 is 1.00 bits per heavy atom. The molecule has 0 heterocycles. The topological polar surface area (TPSA) is 37.3 Å². The van der Waals surface area contributed by atoms with Crippen LogP contribution in [0.3, 0.4) is 0 Å². The van der Waals surface area contributed by atoms with Crippen molar-refractivity contribution in [2.24, 2.45) is 0 Å². The summed E-state index contributed by atoms with van der Waals surface area (Å²) in [7, 11) is 0. The Morgan fingerprint density at radius 3 is 2.43 bits per heavy atom. The maximum atomic E-state index is 12.3. The second kappa shape index (κ2) is 7.63. The van der Waals surface area contributed by atoms with Gasteiger partial charge in [0.15, 0.2) is 5.78 Å². The van der Waals surface area contributed by atoms with Crippen LogP contribution in [-0.4, -0.2) is 10.9 Å². The van der Waals surface area contributed by atoms with Crippen LogP contribution in [0.1, 0.15) is 54.1 Å². The number of ketones is 1. The smallest absolute Gasteiger partial charge is 0.196 e. The molecule has 2 aromatic carbocycles. The summed E-state index contributed by atoms with van der Waals surface area (Å²) in [5.41, 5.74) is 2.07. The van der Waals surface area contributed by atoms with E-state index in [0.717, 1.165) is 18.4 Å². The van der Waals surface area contributed by atoms with E-state index in [1.165, 1.54) is 19.3 Å². The van der Waals surface area contributed by atoms with Gasteiger partial charge < -0.3 is 5.11 Å². The lowest BCUT2D eigenvalue weighted by Crippen LogP contribution is -2.02. The van der Waals surface area contributed by atoms with Gasteiger partial charge in [-0.1, -0.05) is 62.6 Å². The molecule has 0 unspecified atom stereocenters. The van der Waals surface area contributed by atoms with Crippen molar-refractivity contribution in [3.8, 4) is 5.75 Å². The maximum absolute atomic E-state index is 12.3. The van der Waals surface area contributed by atoms with E-state index in [0.29, 0.717) is 11.1 Å². The first-order chi connectivity index (χ1) is 10.2. The summed E-state index contributed by atoms with van der Waals surface area (Å²) in [5.74, 6) is -0.0533. The number of aryl methyl sites for hydroxylation is 1. The van der Waals surface area contributed by atoms with Crippen LogP contribution in [0.25, 0.3) is 0 Å². The Bertz CT molecular complexity index is 588. The first kappa shape index (κ1) is 15.3. The van der Waals surface area contributed by atoms with Gasteiger partial charge in [-0.2, -0.15) is 0 Å². The van der Waals surface area contributed by atoms with Gasteiger partial charge in [-0.25, -0.2) is 0 Å². The number of carbonyl (C=O) groups is 1. The molecule has 1 N–H and O–H groups in total. The summed E-state index contributed by atoms with van der Waals surface area (Å²) in [4.78, 5) is 12.3. The molecule has 0 aliphatic carbocycles. The van der Waals surface area contributed by atoms with Crippen molar-refractivity contribution < 1.29 is 9.90 Å². The molecule has 0 atom stereocenters. The second-order valence-electron chi connectivity index (χ2n) is 5.36. The molecule has 110 valence electrons. The highest BCUT2D eigenvalue weighted by molar-refractivity contribution is 6.10. The number of hydrogen-bond donors (Lipinski definition) is 1. The Hall–Kier alpha value is -2.09. The average molecular weight is 282 g/mol. The number of benzene rings is 2. The van der Waals surface area contributed by atoms with E-state index in [1.807, 2.05) is 24.3 Å². The van der Waals surface area contributed by atoms with Crippen LogP contribution >= 0.6 is 0 Å². The molecular weight excluding hydrogens is 260 g/mol. The molecule has 0 radical (unpaired) electrons. The normalized spacial score (nSPS) is 10.5. The van der Waals surface area contributed by atoms with Gasteiger partial charge in [0.05, 0.1) is 5.56 Å². The van der Waals surface area contributed by atoms with Crippen LogP contribution in [0.2, 0.25) is 0 Å². The second-order valence-corrected chi connectivity index (χ2v) is 5.36. The monoisotopic (exact) mass is 282 g/mol. The van der Waals surface area contributed by atoms with E-state index in [-0.39, 0.29) is 11.5 Å². The van der Waals surface area contributed by atoms with Gasteiger partial charge in [-0.05, 0) is 30.5 Å². The lowest BCUT2D eigenvalue weighted by molar-refractivity contribution is 0.103. The minimum Gasteiger partial charge on any atom is -0.507 e. The third-order valence-electron chi connectivity index (χ3n) is 3.66. The first-order valence-electron chi connectivity index (χ1n) is 7.64. The Balaban J connectivity index is 2.07. The predicted molar refractivity (Wildman–Crippen MR) is 85.8 cm³/mol. The lowest BCUT2D eigenvalue weighted by atomic mass is 9.99. The van der Waals surface area contributed by atoms with Gasteiger partial charge >= 0.3 is 0 Å². The fraction of sp³-hybridized carbons (Fsp3) is 0.316. The summed E-state index contributed by atoms with van der Waals surface area (Å²) in [6.45, 7) is 2.19. The van der Waals surface area contributed by atoms with Crippen LogP contribution in [0.5, 0.6) is 5.75 Å². The molecule has 0 aliphatic rings. The summed E-state index contributed by atoms with van der Waals surface area (Å²) in [6, 6.07) is 14.5. The van der Waals surface area contributed by atoms with E-state index in [2.05, 4.69) is 6.92 Å². The molecule has 0 saturated heterocycles. The van der Waals surface area contributed by atoms with Crippen LogP contribution < -0.4 is 0 Å². The zero-order valence-electron chi connectivity index (χ0n) is 12.5. The van der Waals surface area contributed by atoms with Crippen molar-refractivity contribution in [3.63, 3.8) is 0 Å². The number of unbranched alkanes of at least 4 members (excludes halogenated alkanes) is 3. The molecule has 0 amide bonds. The summed E-state index contributed by atoms with van der Waals surface area (Å²) in [5, 5.41) is 10.1. The molecule has 0 aromatic heterocycles.